The molecule has 0 bridgehead atoms. The smallest absolute Gasteiger partial charge is 0.266 e. The van der Waals surface area contributed by atoms with Crippen LogP contribution in [0.5, 0.6) is 0 Å². The fourth-order valence-corrected chi connectivity index (χ4v) is 3.16. The largest absolute Gasteiger partial charge is 0.297 e. The van der Waals surface area contributed by atoms with Crippen molar-refractivity contribution >= 4 is 0 Å². The topological polar surface area (TPSA) is 77.1 Å². The molecule has 0 N–H and O–H groups in total. The summed E-state index contributed by atoms with van der Waals surface area (Å²) in [6.45, 7) is 11.7. The first-order valence-electron chi connectivity index (χ1n) is 8.92. The van der Waals surface area contributed by atoms with Gasteiger partial charge in [-0.1, -0.05) is 31.1 Å². The molecule has 25 heavy (non-hydrogen) atoms. The molecule has 0 spiro atoms. The van der Waals surface area contributed by atoms with Crippen molar-refractivity contribution in [2.75, 3.05) is 13.1 Å². The average molecular weight is 345 g/mol. The second-order valence-corrected chi connectivity index (χ2v) is 8.00. The Kier molecular flexibility index (Phi) is 5.03. The van der Waals surface area contributed by atoms with Gasteiger partial charge in [0.1, 0.15) is 11.4 Å². The molecule has 7 heteroatoms. The van der Waals surface area contributed by atoms with Crippen molar-refractivity contribution in [3.8, 4) is 0 Å². The minimum absolute atomic E-state index is 0.0141. The number of piperidine rings is 1. The number of aryl methyl sites for hydroxylation is 1. The Morgan fingerprint density at radius 2 is 1.92 bits per heavy atom. The maximum atomic E-state index is 12.1. The highest BCUT2D eigenvalue weighted by Crippen LogP contribution is 2.21. The van der Waals surface area contributed by atoms with Crippen LogP contribution in [0, 0.1) is 12.8 Å². The van der Waals surface area contributed by atoms with Crippen molar-refractivity contribution in [2.24, 2.45) is 5.92 Å². The van der Waals surface area contributed by atoms with Crippen molar-refractivity contribution in [3.63, 3.8) is 0 Å². The molecular formula is C18H27N5O2. The van der Waals surface area contributed by atoms with Gasteiger partial charge in [0.2, 0.25) is 0 Å². The molecule has 1 aliphatic heterocycles. The number of rotatable bonds is 4. The normalized spacial score (nSPS) is 17.1. The van der Waals surface area contributed by atoms with E-state index in [4.69, 9.17) is 4.63 Å². The van der Waals surface area contributed by atoms with E-state index in [1.165, 1.54) is 0 Å². The molecule has 136 valence electrons. The molecule has 3 heterocycles. The Labute approximate surface area is 148 Å². The number of aromatic nitrogens is 4. The average Bonchev–Trinajstić information content (AvgIpc) is 2.95. The predicted octanol–water partition coefficient (Wildman–Crippen LogP) is 2.14. The van der Waals surface area contributed by atoms with Gasteiger partial charge in [0, 0.05) is 24.6 Å². The third-order valence-corrected chi connectivity index (χ3v) is 4.89. The molecule has 0 amide bonds. The van der Waals surface area contributed by atoms with Gasteiger partial charge >= 0.3 is 0 Å². The number of likely N-dealkylation sites (tertiary alicyclic amines) is 1. The Morgan fingerprint density at radius 3 is 2.52 bits per heavy atom. The summed E-state index contributed by atoms with van der Waals surface area (Å²) in [5, 5.41) is 12.4. The second kappa shape index (κ2) is 7.07. The molecular weight excluding hydrogens is 318 g/mol. The van der Waals surface area contributed by atoms with Gasteiger partial charge in [-0.2, -0.15) is 5.10 Å². The number of hydrogen-bond acceptors (Lipinski definition) is 6. The van der Waals surface area contributed by atoms with Gasteiger partial charge in [0.15, 0.2) is 0 Å². The lowest BCUT2D eigenvalue weighted by atomic mass is 9.92. The van der Waals surface area contributed by atoms with Crippen LogP contribution in [0.4, 0.5) is 0 Å². The van der Waals surface area contributed by atoms with Crippen LogP contribution < -0.4 is 5.56 Å². The molecule has 0 atom stereocenters. The van der Waals surface area contributed by atoms with Crippen molar-refractivity contribution in [1.82, 2.24) is 25.0 Å². The number of hydrogen-bond donors (Lipinski definition) is 0. The maximum absolute atomic E-state index is 12.1. The lowest BCUT2D eigenvalue weighted by Gasteiger charge is -2.31. The summed E-state index contributed by atoms with van der Waals surface area (Å²) < 4.78 is 6.41. The Bertz CT molecular complexity index is 766. The summed E-state index contributed by atoms with van der Waals surface area (Å²) in [5.41, 5.74) is 2.66. The van der Waals surface area contributed by atoms with Crippen molar-refractivity contribution in [2.45, 2.75) is 59.0 Å². The van der Waals surface area contributed by atoms with Crippen LogP contribution in [0.1, 0.15) is 50.7 Å². The lowest BCUT2D eigenvalue weighted by Crippen LogP contribution is -2.37. The van der Waals surface area contributed by atoms with E-state index in [-0.39, 0.29) is 11.0 Å². The predicted molar refractivity (Wildman–Crippen MR) is 94.2 cm³/mol. The maximum Gasteiger partial charge on any atom is 0.266 e. The SMILES string of the molecule is Cc1nonc1CN1CCC(Cn2nc(C(C)(C)C)ccc2=O)CC1. The summed E-state index contributed by atoms with van der Waals surface area (Å²) in [7, 11) is 0. The number of nitrogens with zero attached hydrogens (tertiary/aromatic N) is 5. The molecule has 2 aromatic rings. The first-order chi connectivity index (χ1) is 11.8. The van der Waals surface area contributed by atoms with E-state index in [1.807, 2.05) is 13.0 Å². The monoisotopic (exact) mass is 345 g/mol. The van der Waals surface area contributed by atoms with E-state index in [0.29, 0.717) is 12.5 Å². The zero-order chi connectivity index (χ0) is 18.0. The van der Waals surface area contributed by atoms with Crippen LogP contribution in [-0.2, 0) is 18.5 Å². The fraction of sp³-hybridized carbons (Fsp3) is 0.667. The van der Waals surface area contributed by atoms with Gasteiger partial charge in [-0.3, -0.25) is 9.69 Å². The lowest BCUT2D eigenvalue weighted by molar-refractivity contribution is 0.159. The molecule has 2 aromatic heterocycles. The van der Waals surface area contributed by atoms with E-state index in [2.05, 4.69) is 41.1 Å². The Hall–Kier alpha value is -2.02. The van der Waals surface area contributed by atoms with E-state index in [1.54, 1.807) is 10.7 Å². The molecule has 0 aromatic carbocycles. The minimum Gasteiger partial charge on any atom is -0.297 e. The zero-order valence-electron chi connectivity index (χ0n) is 15.5. The Morgan fingerprint density at radius 1 is 1.20 bits per heavy atom. The van der Waals surface area contributed by atoms with Gasteiger partial charge < -0.3 is 0 Å². The molecule has 0 unspecified atom stereocenters. The van der Waals surface area contributed by atoms with Crippen LogP contribution in [0.2, 0.25) is 0 Å². The van der Waals surface area contributed by atoms with Crippen LogP contribution in [-0.4, -0.2) is 38.1 Å². The third-order valence-electron chi connectivity index (χ3n) is 4.89. The van der Waals surface area contributed by atoms with Crippen LogP contribution in [0.3, 0.4) is 0 Å². The quantitative estimate of drug-likeness (QED) is 0.845. The minimum atomic E-state index is -0.0533. The first kappa shape index (κ1) is 17.8. The fourth-order valence-electron chi connectivity index (χ4n) is 3.16. The second-order valence-electron chi connectivity index (χ2n) is 8.00. The van der Waals surface area contributed by atoms with Crippen LogP contribution in [0.25, 0.3) is 0 Å². The van der Waals surface area contributed by atoms with Crippen molar-refractivity contribution < 1.29 is 4.63 Å². The molecule has 1 fully saturated rings. The molecule has 1 saturated heterocycles. The summed E-state index contributed by atoms with van der Waals surface area (Å²) in [4.78, 5) is 14.5. The highest BCUT2D eigenvalue weighted by Gasteiger charge is 2.23. The standard InChI is InChI=1S/C18H27N5O2/c1-13-15(21-25-20-13)12-22-9-7-14(8-10-22)11-23-17(24)6-5-16(19-23)18(2,3)4/h5-6,14H,7-12H2,1-4H3. The highest BCUT2D eigenvalue weighted by molar-refractivity contribution is 5.10. The van der Waals surface area contributed by atoms with E-state index in [0.717, 1.165) is 49.6 Å². The van der Waals surface area contributed by atoms with Crippen LogP contribution >= 0.6 is 0 Å². The molecule has 0 aliphatic carbocycles. The van der Waals surface area contributed by atoms with Crippen molar-refractivity contribution in [3.05, 3.63) is 39.6 Å². The van der Waals surface area contributed by atoms with E-state index < -0.39 is 0 Å². The Balaban J connectivity index is 1.59. The zero-order valence-corrected chi connectivity index (χ0v) is 15.5. The third kappa shape index (κ3) is 4.34. The summed E-state index contributed by atoms with van der Waals surface area (Å²) in [6, 6.07) is 3.48. The molecule has 0 saturated carbocycles. The molecule has 7 nitrogen and oxygen atoms in total. The van der Waals surface area contributed by atoms with Gasteiger partial charge in [-0.15, -0.1) is 0 Å². The van der Waals surface area contributed by atoms with E-state index >= 15 is 0 Å². The first-order valence-corrected chi connectivity index (χ1v) is 8.92. The van der Waals surface area contributed by atoms with Crippen molar-refractivity contribution in [1.29, 1.82) is 0 Å². The van der Waals surface area contributed by atoms with E-state index in [9.17, 15) is 4.79 Å². The highest BCUT2D eigenvalue weighted by atomic mass is 16.6. The molecule has 1 aliphatic rings. The van der Waals surface area contributed by atoms with Gasteiger partial charge in [0.05, 0.1) is 5.69 Å². The molecule has 0 radical (unpaired) electrons. The molecule has 3 rings (SSSR count). The van der Waals surface area contributed by atoms with Gasteiger partial charge in [-0.25, -0.2) is 9.31 Å². The summed E-state index contributed by atoms with van der Waals surface area (Å²) in [6.07, 6.45) is 2.11. The van der Waals surface area contributed by atoms with Crippen LogP contribution in [0.15, 0.2) is 21.6 Å². The van der Waals surface area contributed by atoms with Gasteiger partial charge in [-0.05, 0) is 44.8 Å². The summed E-state index contributed by atoms with van der Waals surface area (Å²) in [5.74, 6) is 0.480. The summed E-state index contributed by atoms with van der Waals surface area (Å²) >= 11 is 0. The van der Waals surface area contributed by atoms with Gasteiger partial charge in [0.25, 0.3) is 5.56 Å².